The molecule has 3 aromatic rings. The number of nitrogens with two attached hydrogens (primary N) is 1. The molecule has 3 aromatic carbocycles. The van der Waals surface area contributed by atoms with Crippen LogP contribution in [0.4, 0.5) is 0 Å². The van der Waals surface area contributed by atoms with Crippen LogP contribution in [0, 0.1) is 0 Å². The number of ether oxygens (including phenoxy) is 1. The van der Waals surface area contributed by atoms with Crippen LogP contribution >= 0.6 is 0 Å². The Morgan fingerprint density at radius 2 is 1.89 bits per heavy atom. The Labute approximate surface area is 211 Å². The summed E-state index contributed by atoms with van der Waals surface area (Å²) in [6.45, 7) is 2.74. The molecular weight excluding hydrogens is 452 g/mol. The molecule has 0 saturated carbocycles. The molecule has 7 nitrogen and oxygen atoms in total. The van der Waals surface area contributed by atoms with Gasteiger partial charge in [0.15, 0.2) is 11.5 Å². The number of aliphatic imine (C=N–C) groups is 1. The van der Waals surface area contributed by atoms with Crippen molar-refractivity contribution in [2.24, 2.45) is 10.7 Å². The van der Waals surface area contributed by atoms with Crippen LogP contribution < -0.4 is 15.8 Å². The highest BCUT2D eigenvalue weighted by Gasteiger charge is 2.53. The van der Waals surface area contributed by atoms with Gasteiger partial charge in [-0.15, -0.1) is 0 Å². The number of nitrogens with zero attached hydrogens (tertiary/aromatic N) is 2. The van der Waals surface area contributed by atoms with Gasteiger partial charge in [-0.3, -0.25) is 14.5 Å². The van der Waals surface area contributed by atoms with E-state index in [-0.39, 0.29) is 23.9 Å². The zero-order chi connectivity index (χ0) is 25.3. The van der Waals surface area contributed by atoms with Gasteiger partial charge in [-0.25, -0.2) is 4.99 Å². The number of rotatable bonds is 6. The number of unbranched alkanes of at least 4 members (excludes halogenated alkanes) is 1. The summed E-state index contributed by atoms with van der Waals surface area (Å²) in [5.41, 5.74) is 8.96. The minimum Gasteiger partial charge on any atom is -0.485 e. The van der Waals surface area contributed by atoms with Gasteiger partial charge in [-0.1, -0.05) is 61.9 Å². The topological polar surface area (TPSA) is 97.0 Å². The van der Waals surface area contributed by atoms with E-state index >= 15 is 0 Å². The van der Waals surface area contributed by atoms with Crippen LogP contribution in [-0.4, -0.2) is 36.3 Å². The summed E-state index contributed by atoms with van der Waals surface area (Å²) in [6.07, 6.45) is 1.96. The Hall–Kier alpha value is -4.13. The third-order valence-corrected chi connectivity index (χ3v) is 6.93. The van der Waals surface area contributed by atoms with E-state index in [1.54, 1.807) is 13.1 Å². The van der Waals surface area contributed by atoms with Crippen LogP contribution in [0.3, 0.4) is 0 Å². The van der Waals surface area contributed by atoms with E-state index in [1.165, 1.54) is 4.90 Å². The van der Waals surface area contributed by atoms with Crippen molar-refractivity contribution in [1.82, 2.24) is 10.2 Å². The lowest BCUT2D eigenvalue weighted by Crippen LogP contribution is -2.43. The van der Waals surface area contributed by atoms with Crippen LogP contribution in [0.5, 0.6) is 5.75 Å². The first-order chi connectivity index (χ1) is 17.4. The summed E-state index contributed by atoms with van der Waals surface area (Å²) < 4.78 is 6.39. The van der Waals surface area contributed by atoms with Gasteiger partial charge < -0.3 is 15.8 Å². The minimum absolute atomic E-state index is 0.0984. The van der Waals surface area contributed by atoms with Gasteiger partial charge in [0.05, 0.1) is 0 Å². The van der Waals surface area contributed by atoms with Gasteiger partial charge in [-0.05, 0) is 47.4 Å². The summed E-state index contributed by atoms with van der Waals surface area (Å²) in [5, 5.41) is 2.96. The van der Waals surface area contributed by atoms with E-state index in [0.29, 0.717) is 29.8 Å². The molecule has 3 N–H and O–H groups in total. The molecule has 2 atom stereocenters. The van der Waals surface area contributed by atoms with Crippen LogP contribution in [0.15, 0.2) is 77.8 Å². The van der Waals surface area contributed by atoms with Gasteiger partial charge in [0, 0.05) is 31.1 Å². The van der Waals surface area contributed by atoms with E-state index in [9.17, 15) is 9.59 Å². The summed E-state index contributed by atoms with van der Waals surface area (Å²) in [6, 6.07) is 23.1. The summed E-state index contributed by atoms with van der Waals surface area (Å²) in [4.78, 5) is 32.3. The van der Waals surface area contributed by atoms with Crippen molar-refractivity contribution in [1.29, 1.82) is 0 Å². The molecule has 36 heavy (non-hydrogen) atoms. The van der Waals surface area contributed by atoms with E-state index in [2.05, 4.69) is 12.2 Å². The Morgan fingerprint density at radius 1 is 1.11 bits per heavy atom. The first kappa shape index (κ1) is 23.6. The van der Waals surface area contributed by atoms with Crippen LogP contribution in [-0.2, 0) is 10.3 Å². The Balaban J connectivity index is 1.55. The molecule has 0 aliphatic carbocycles. The second kappa shape index (κ2) is 9.49. The third kappa shape index (κ3) is 4.11. The third-order valence-electron chi connectivity index (χ3n) is 6.93. The number of fused-ring (bicyclic) bond motifs is 2. The average molecular weight is 483 g/mol. The number of amides is 2. The number of carbonyl (C=O) groups is 2. The van der Waals surface area contributed by atoms with Gasteiger partial charge in [-0.2, -0.15) is 0 Å². The molecule has 0 fully saturated rings. The molecule has 0 saturated heterocycles. The van der Waals surface area contributed by atoms with Crippen LogP contribution in [0.1, 0.15) is 53.8 Å². The van der Waals surface area contributed by atoms with Gasteiger partial charge in [0.25, 0.3) is 11.8 Å². The predicted molar refractivity (Wildman–Crippen MR) is 140 cm³/mol. The zero-order valence-electron chi connectivity index (χ0n) is 20.5. The maximum absolute atomic E-state index is 13.6. The second-order valence-corrected chi connectivity index (χ2v) is 9.32. The molecule has 2 heterocycles. The highest BCUT2D eigenvalue weighted by Crippen LogP contribution is 2.50. The first-order valence-corrected chi connectivity index (χ1v) is 12.3. The van der Waals surface area contributed by atoms with Crippen molar-refractivity contribution in [3.63, 3.8) is 0 Å². The SMILES string of the molecule is CCCCNC(=O)c1cccc(-c2ccc3c(c2)[C@]2(C[C@@H](c4ccccc4)O3)N=C(N)N(C)C2=O)c1. The van der Waals surface area contributed by atoms with Crippen molar-refractivity contribution >= 4 is 17.8 Å². The molecule has 0 aromatic heterocycles. The maximum Gasteiger partial charge on any atom is 0.261 e. The second-order valence-electron chi connectivity index (χ2n) is 9.32. The van der Waals surface area contributed by atoms with E-state index < -0.39 is 5.54 Å². The quantitative estimate of drug-likeness (QED) is 0.509. The smallest absolute Gasteiger partial charge is 0.261 e. The fourth-order valence-corrected chi connectivity index (χ4v) is 4.89. The van der Waals surface area contributed by atoms with Crippen molar-refractivity contribution in [3.8, 4) is 16.9 Å². The number of hydrogen-bond acceptors (Lipinski definition) is 5. The number of benzene rings is 3. The van der Waals surface area contributed by atoms with Crippen LogP contribution in [0.2, 0.25) is 0 Å². The van der Waals surface area contributed by atoms with Gasteiger partial charge in [0.2, 0.25) is 0 Å². The number of likely N-dealkylation sites (N-methyl/N-ethyl adjacent to an activating group) is 1. The number of guanidine groups is 1. The van der Waals surface area contributed by atoms with Crippen molar-refractivity contribution in [2.75, 3.05) is 13.6 Å². The normalized spacial score (nSPS) is 20.6. The molecule has 1 spiro atoms. The zero-order valence-corrected chi connectivity index (χ0v) is 20.5. The molecule has 5 rings (SSSR count). The molecule has 7 heteroatoms. The molecule has 2 aliphatic heterocycles. The number of carbonyl (C=O) groups excluding carboxylic acids is 2. The molecule has 2 aliphatic rings. The lowest BCUT2D eigenvalue weighted by atomic mass is 9.79. The fraction of sp³-hybridized carbons (Fsp3) is 0.276. The molecule has 0 bridgehead atoms. The molecular formula is C29H30N4O3. The summed E-state index contributed by atoms with van der Waals surface area (Å²) in [7, 11) is 1.65. The van der Waals surface area contributed by atoms with E-state index in [4.69, 9.17) is 15.5 Å². The summed E-state index contributed by atoms with van der Waals surface area (Å²) >= 11 is 0. The highest BCUT2D eigenvalue weighted by atomic mass is 16.5. The van der Waals surface area contributed by atoms with E-state index in [0.717, 1.165) is 29.5 Å². The van der Waals surface area contributed by atoms with Crippen molar-refractivity contribution in [3.05, 3.63) is 89.5 Å². The standard InChI is InChI=1S/C29H30N4O3/c1-3-4-15-31-26(34)22-12-8-11-20(16-22)21-13-14-24-23(17-21)29(27(35)33(2)28(30)32-29)18-25(36-24)19-9-6-5-7-10-19/h5-14,16-17,25H,3-4,15,18H2,1-2H3,(H2,30,32)(H,31,34)/t25-,29-/m0/s1. The lowest BCUT2D eigenvalue weighted by molar-refractivity contribution is -0.132. The molecule has 184 valence electrons. The van der Waals surface area contributed by atoms with Gasteiger partial charge >= 0.3 is 0 Å². The maximum atomic E-state index is 13.6. The number of nitrogens with one attached hydrogen (secondary N) is 1. The molecule has 0 radical (unpaired) electrons. The monoisotopic (exact) mass is 482 g/mol. The minimum atomic E-state index is -1.17. The predicted octanol–water partition coefficient (Wildman–Crippen LogP) is 4.39. The Bertz CT molecular complexity index is 1340. The molecule has 2 amide bonds. The van der Waals surface area contributed by atoms with Crippen molar-refractivity contribution in [2.45, 2.75) is 37.8 Å². The molecule has 0 unspecified atom stereocenters. The lowest BCUT2D eigenvalue weighted by Gasteiger charge is -2.37. The largest absolute Gasteiger partial charge is 0.485 e. The highest BCUT2D eigenvalue weighted by molar-refractivity contribution is 6.07. The summed E-state index contributed by atoms with van der Waals surface area (Å²) in [5.74, 6) is 0.522. The fourth-order valence-electron chi connectivity index (χ4n) is 4.89. The van der Waals surface area contributed by atoms with Crippen molar-refractivity contribution < 1.29 is 14.3 Å². The van der Waals surface area contributed by atoms with Gasteiger partial charge in [0.1, 0.15) is 11.9 Å². The Kier molecular flexibility index (Phi) is 6.22. The first-order valence-electron chi connectivity index (χ1n) is 12.3. The number of hydrogen-bond donors (Lipinski definition) is 2. The average Bonchev–Trinajstić information content (AvgIpc) is 3.12. The van der Waals surface area contributed by atoms with E-state index in [1.807, 2.05) is 66.7 Å². The Morgan fingerprint density at radius 3 is 2.61 bits per heavy atom. The van der Waals surface area contributed by atoms with Crippen LogP contribution in [0.25, 0.3) is 11.1 Å².